The highest BCUT2D eigenvalue weighted by atomic mass is 35.5. The van der Waals surface area contributed by atoms with Crippen LogP contribution in [-0.2, 0) is 4.79 Å². The summed E-state index contributed by atoms with van der Waals surface area (Å²) in [6.07, 6.45) is 0.715. The van der Waals surface area contributed by atoms with Crippen LogP contribution in [0.25, 0.3) is 0 Å². The van der Waals surface area contributed by atoms with E-state index >= 15 is 0 Å². The smallest absolute Gasteiger partial charge is 0.319 e. The normalized spacial score (nSPS) is 11.6. The Bertz CT molecular complexity index is 508. The predicted molar refractivity (Wildman–Crippen MR) is 81.1 cm³/mol. The first-order chi connectivity index (χ1) is 9.96. The second-order valence-electron chi connectivity index (χ2n) is 4.56. The molecular weight excluding hydrogens is 296 g/mol. The van der Waals surface area contributed by atoms with Gasteiger partial charge < -0.3 is 20.5 Å². The molecule has 0 aromatic heterocycles. The Morgan fingerprint density at radius 3 is 2.71 bits per heavy atom. The van der Waals surface area contributed by atoms with Crippen LogP contribution in [0.3, 0.4) is 0 Å². The van der Waals surface area contributed by atoms with Crippen LogP contribution in [0.4, 0.5) is 10.5 Å². The number of rotatable bonds is 7. The summed E-state index contributed by atoms with van der Waals surface area (Å²) in [7, 11) is 1.49. The Morgan fingerprint density at radius 1 is 1.43 bits per heavy atom. The second-order valence-corrected chi connectivity index (χ2v) is 4.96. The molecular formula is C14H19ClN2O4. The Hall–Kier alpha value is -1.95. The summed E-state index contributed by atoms with van der Waals surface area (Å²) in [6, 6.07) is 4.48. The third-order valence-corrected chi connectivity index (χ3v) is 3.31. The summed E-state index contributed by atoms with van der Waals surface area (Å²) in [5, 5.41) is 14.5. The first kappa shape index (κ1) is 17.1. The number of anilines is 1. The Balaban J connectivity index is 2.51. The molecule has 0 aliphatic carbocycles. The van der Waals surface area contributed by atoms with Crippen molar-refractivity contribution in [3.63, 3.8) is 0 Å². The van der Waals surface area contributed by atoms with Gasteiger partial charge in [0.2, 0.25) is 0 Å². The maximum absolute atomic E-state index is 11.8. The van der Waals surface area contributed by atoms with Gasteiger partial charge >= 0.3 is 12.0 Å². The number of carboxylic acids is 1. The Kier molecular flexibility index (Phi) is 6.81. The number of carbonyl (C=O) groups is 2. The average molecular weight is 315 g/mol. The topological polar surface area (TPSA) is 87.7 Å². The molecule has 1 aromatic carbocycles. The lowest BCUT2D eigenvalue weighted by Crippen LogP contribution is -2.33. The van der Waals surface area contributed by atoms with Gasteiger partial charge in [-0.3, -0.25) is 4.79 Å². The van der Waals surface area contributed by atoms with Gasteiger partial charge in [-0.15, -0.1) is 0 Å². The van der Waals surface area contributed by atoms with Crippen LogP contribution in [0.5, 0.6) is 5.75 Å². The first-order valence-corrected chi connectivity index (χ1v) is 6.94. The zero-order chi connectivity index (χ0) is 15.8. The van der Waals surface area contributed by atoms with Crippen LogP contribution in [0.1, 0.15) is 19.8 Å². The van der Waals surface area contributed by atoms with Crippen molar-refractivity contribution >= 4 is 29.3 Å². The minimum atomic E-state index is -0.869. The minimum absolute atomic E-state index is 0.0333. The third kappa shape index (κ3) is 5.91. The van der Waals surface area contributed by atoms with E-state index in [0.29, 0.717) is 29.4 Å². The molecule has 1 aromatic rings. The van der Waals surface area contributed by atoms with E-state index in [1.165, 1.54) is 7.11 Å². The summed E-state index contributed by atoms with van der Waals surface area (Å²) in [4.78, 5) is 22.4. The van der Waals surface area contributed by atoms with Crippen molar-refractivity contribution in [1.82, 2.24) is 5.32 Å². The van der Waals surface area contributed by atoms with Crippen LogP contribution >= 0.6 is 11.6 Å². The van der Waals surface area contributed by atoms with Crippen LogP contribution in [-0.4, -0.2) is 30.8 Å². The van der Waals surface area contributed by atoms with Gasteiger partial charge in [0.25, 0.3) is 0 Å². The van der Waals surface area contributed by atoms with Crippen molar-refractivity contribution in [2.24, 2.45) is 5.92 Å². The van der Waals surface area contributed by atoms with Gasteiger partial charge in [-0.2, -0.15) is 0 Å². The largest absolute Gasteiger partial charge is 0.495 e. The fraction of sp³-hybridized carbons (Fsp3) is 0.429. The molecule has 21 heavy (non-hydrogen) atoms. The molecule has 0 bridgehead atoms. The third-order valence-electron chi connectivity index (χ3n) is 3.00. The summed E-state index contributed by atoms with van der Waals surface area (Å²) in [5.74, 6) is -0.494. The number of carboxylic acid groups (broad SMARTS) is 1. The van der Waals surface area contributed by atoms with E-state index in [1.807, 2.05) is 6.92 Å². The Labute approximate surface area is 128 Å². The lowest BCUT2D eigenvalue weighted by atomic mass is 10.0. The molecule has 0 radical (unpaired) electrons. The predicted octanol–water partition coefficient (Wildman–Crippen LogP) is 2.97. The number of aliphatic carboxylic acids is 1. The van der Waals surface area contributed by atoms with Crippen molar-refractivity contribution < 1.29 is 19.4 Å². The van der Waals surface area contributed by atoms with Crippen LogP contribution in [0.15, 0.2) is 18.2 Å². The van der Waals surface area contributed by atoms with Gasteiger partial charge in [-0.05, 0) is 18.1 Å². The van der Waals surface area contributed by atoms with Crippen molar-refractivity contribution in [2.45, 2.75) is 19.8 Å². The highest BCUT2D eigenvalue weighted by Gasteiger charge is 2.12. The number of amides is 2. The quantitative estimate of drug-likeness (QED) is 0.722. The molecule has 1 atom stereocenters. The molecule has 2 amide bonds. The number of carbonyl (C=O) groups excluding carboxylic acids is 1. The average Bonchev–Trinajstić information content (AvgIpc) is 2.45. The van der Waals surface area contributed by atoms with E-state index < -0.39 is 12.0 Å². The standard InChI is InChI=1S/C14H19ClN2O4/c1-3-9(6-13(18)19)8-16-14(20)17-10-4-5-11(15)12(7-10)21-2/h4-5,7,9H,3,6,8H2,1-2H3,(H,18,19)(H2,16,17,20). The van der Waals surface area contributed by atoms with Gasteiger partial charge in [0.15, 0.2) is 0 Å². The van der Waals surface area contributed by atoms with E-state index in [9.17, 15) is 9.59 Å². The first-order valence-electron chi connectivity index (χ1n) is 6.56. The molecule has 1 unspecified atom stereocenters. The highest BCUT2D eigenvalue weighted by Crippen LogP contribution is 2.27. The van der Waals surface area contributed by atoms with Crippen molar-refractivity contribution in [1.29, 1.82) is 0 Å². The highest BCUT2D eigenvalue weighted by molar-refractivity contribution is 6.32. The van der Waals surface area contributed by atoms with E-state index in [0.717, 1.165) is 0 Å². The second kappa shape index (κ2) is 8.36. The molecule has 0 aliphatic rings. The molecule has 0 spiro atoms. The molecule has 0 saturated carbocycles. The van der Waals surface area contributed by atoms with Gasteiger partial charge in [0.1, 0.15) is 5.75 Å². The van der Waals surface area contributed by atoms with Gasteiger partial charge in [0, 0.05) is 24.7 Å². The van der Waals surface area contributed by atoms with Crippen LogP contribution < -0.4 is 15.4 Å². The van der Waals surface area contributed by atoms with Crippen LogP contribution in [0.2, 0.25) is 5.02 Å². The van der Waals surface area contributed by atoms with Gasteiger partial charge in [-0.25, -0.2) is 4.79 Å². The molecule has 3 N–H and O–H groups in total. The minimum Gasteiger partial charge on any atom is -0.495 e. The molecule has 7 heteroatoms. The zero-order valence-electron chi connectivity index (χ0n) is 12.0. The SMILES string of the molecule is CCC(CNC(=O)Nc1ccc(Cl)c(OC)c1)CC(=O)O. The molecule has 6 nitrogen and oxygen atoms in total. The van der Waals surface area contributed by atoms with Crippen molar-refractivity contribution in [3.05, 3.63) is 23.2 Å². The van der Waals surface area contributed by atoms with E-state index in [4.69, 9.17) is 21.4 Å². The fourth-order valence-corrected chi connectivity index (χ4v) is 1.95. The van der Waals surface area contributed by atoms with E-state index in [1.54, 1.807) is 18.2 Å². The maximum Gasteiger partial charge on any atom is 0.319 e. The molecule has 0 fully saturated rings. The van der Waals surface area contributed by atoms with E-state index in [2.05, 4.69) is 10.6 Å². The fourth-order valence-electron chi connectivity index (χ4n) is 1.76. The number of halogens is 1. The summed E-state index contributed by atoms with van der Waals surface area (Å²) < 4.78 is 5.06. The number of nitrogens with one attached hydrogen (secondary N) is 2. The Morgan fingerprint density at radius 2 is 2.14 bits per heavy atom. The number of benzene rings is 1. The lowest BCUT2D eigenvalue weighted by molar-refractivity contribution is -0.138. The summed E-state index contributed by atoms with van der Waals surface area (Å²) >= 11 is 5.89. The molecule has 1 rings (SSSR count). The maximum atomic E-state index is 11.8. The summed E-state index contributed by atoms with van der Waals surface area (Å²) in [5.41, 5.74) is 0.542. The van der Waals surface area contributed by atoms with E-state index in [-0.39, 0.29) is 12.3 Å². The monoisotopic (exact) mass is 314 g/mol. The molecule has 116 valence electrons. The van der Waals surface area contributed by atoms with Crippen molar-refractivity contribution in [2.75, 3.05) is 19.0 Å². The molecule has 0 heterocycles. The summed E-state index contributed by atoms with van der Waals surface area (Å²) in [6.45, 7) is 2.19. The number of hydrogen-bond acceptors (Lipinski definition) is 3. The van der Waals surface area contributed by atoms with Gasteiger partial charge in [0.05, 0.1) is 12.1 Å². The number of hydrogen-bond donors (Lipinski definition) is 3. The number of ether oxygens (including phenoxy) is 1. The zero-order valence-corrected chi connectivity index (χ0v) is 12.7. The molecule has 0 aliphatic heterocycles. The van der Waals surface area contributed by atoms with Crippen molar-refractivity contribution in [3.8, 4) is 5.75 Å². The molecule has 0 saturated heterocycles. The van der Waals surface area contributed by atoms with Gasteiger partial charge in [-0.1, -0.05) is 24.9 Å². The lowest BCUT2D eigenvalue weighted by Gasteiger charge is -2.14. The number of urea groups is 1. The number of methoxy groups -OCH3 is 1. The van der Waals surface area contributed by atoms with Crippen LogP contribution in [0, 0.1) is 5.92 Å².